The molecule has 0 heterocycles. The molecule has 0 atom stereocenters. The Kier molecular flexibility index (Phi) is 155. The Balaban J connectivity index is 0. The standard InChI is InChI=1S/Au.Cu.GeH4.Ni/h;;1H4;. The fraction of sp³-hybridized carbons (Fsp3) is 0. The second-order valence-corrected chi connectivity index (χ2v) is 0. The summed E-state index contributed by atoms with van der Waals surface area (Å²) in [6, 6.07) is 0. The van der Waals surface area contributed by atoms with Crippen LogP contribution in [0.4, 0.5) is 0 Å². The quantitative estimate of drug-likeness (QED) is 0.440. The first-order chi connectivity index (χ1) is 0. The Morgan fingerprint density at radius 3 is 1.00 bits per heavy atom. The monoisotopic (exact) mass is 396 g/mol. The van der Waals surface area contributed by atoms with E-state index in [1.165, 1.54) is 0 Å². The normalized spacial score (nSPS) is 0. The zero-order chi connectivity index (χ0) is 0. The van der Waals surface area contributed by atoms with Gasteiger partial charge in [0.1, 0.15) is 0 Å². The molecule has 0 N–H and O–H groups in total. The minimum Gasteiger partial charge on any atom is 0 e. The van der Waals surface area contributed by atoms with Gasteiger partial charge in [-0.1, -0.05) is 0 Å². The van der Waals surface area contributed by atoms with Crippen molar-refractivity contribution >= 4 is 17.6 Å². The molecule has 2 radical (unpaired) electrons. The largest absolute Gasteiger partial charge is 0 e. The van der Waals surface area contributed by atoms with Crippen molar-refractivity contribution in [2.24, 2.45) is 0 Å². The van der Waals surface area contributed by atoms with E-state index < -0.39 is 0 Å². The van der Waals surface area contributed by atoms with Crippen LogP contribution < -0.4 is 0 Å². The Labute approximate surface area is 72.7 Å². The summed E-state index contributed by atoms with van der Waals surface area (Å²) in [7, 11) is 0. The summed E-state index contributed by atoms with van der Waals surface area (Å²) in [6.45, 7) is 0. The van der Waals surface area contributed by atoms with Crippen molar-refractivity contribution in [1.82, 2.24) is 0 Å². The summed E-state index contributed by atoms with van der Waals surface area (Å²) < 4.78 is 0. The molecule has 40 valence electrons. The van der Waals surface area contributed by atoms with Gasteiger partial charge in [-0.25, -0.2) is 0 Å². The van der Waals surface area contributed by atoms with E-state index in [4.69, 9.17) is 0 Å². The molecular weight excluding hydrogens is 392 g/mol. The van der Waals surface area contributed by atoms with Crippen molar-refractivity contribution < 1.29 is 55.9 Å². The average molecular weight is 396 g/mol. The van der Waals surface area contributed by atoms with Crippen LogP contribution in [0.15, 0.2) is 0 Å². The molecule has 0 bridgehead atoms. The topological polar surface area (TPSA) is 0 Å². The van der Waals surface area contributed by atoms with Crippen LogP contribution >= 0.6 is 0 Å². The van der Waals surface area contributed by atoms with E-state index in [2.05, 4.69) is 0 Å². The molecular formula is H4AuCuGeNi. The van der Waals surface area contributed by atoms with Gasteiger partial charge >= 0.3 is 17.6 Å². The number of hydrogen-bond donors (Lipinski definition) is 0. The Bertz CT molecular complexity index is 8.00. The average Bonchev–Trinajstić information content (AvgIpc) is 0. The number of hydrogen-bond acceptors (Lipinski definition) is 0. The first kappa shape index (κ1) is 33.5. The molecule has 0 aliphatic heterocycles. The van der Waals surface area contributed by atoms with Crippen LogP contribution in [0.1, 0.15) is 0 Å². The molecule has 0 aliphatic carbocycles. The molecule has 0 fully saturated rings. The van der Waals surface area contributed by atoms with Gasteiger partial charge < -0.3 is 0 Å². The Morgan fingerprint density at radius 1 is 1.00 bits per heavy atom. The first-order valence-electron chi connectivity index (χ1n) is 0. The molecule has 0 aromatic rings. The van der Waals surface area contributed by atoms with Crippen molar-refractivity contribution in [2.75, 3.05) is 0 Å². The molecule has 0 saturated heterocycles. The first-order valence-corrected chi connectivity index (χ1v) is 0. The van der Waals surface area contributed by atoms with Crippen molar-refractivity contribution in [3.8, 4) is 0 Å². The molecule has 0 aromatic heterocycles. The second kappa shape index (κ2) is 18.5. The van der Waals surface area contributed by atoms with Crippen LogP contribution in [0.25, 0.3) is 0 Å². The van der Waals surface area contributed by atoms with E-state index in [9.17, 15) is 0 Å². The van der Waals surface area contributed by atoms with Crippen LogP contribution in [0.5, 0.6) is 0 Å². The zero-order valence-corrected chi connectivity index (χ0v) is 5.01. The third-order valence-corrected chi connectivity index (χ3v) is 0. The summed E-state index contributed by atoms with van der Waals surface area (Å²) in [5.41, 5.74) is 0. The van der Waals surface area contributed by atoms with E-state index in [-0.39, 0.29) is 73.5 Å². The zero-order valence-electron chi connectivity index (χ0n) is 0.919. The van der Waals surface area contributed by atoms with Crippen LogP contribution in [0.3, 0.4) is 0 Å². The summed E-state index contributed by atoms with van der Waals surface area (Å²) >= 11 is 0. The third-order valence-electron chi connectivity index (χ3n) is 0. The van der Waals surface area contributed by atoms with Crippen molar-refractivity contribution in [1.29, 1.82) is 0 Å². The molecule has 0 spiro atoms. The maximum atomic E-state index is 0. The van der Waals surface area contributed by atoms with E-state index in [1.807, 2.05) is 0 Å². The Hall–Kier alpha value is 2.30. The minimum absolute atomic E-state index is 0. The predicted octanol–water partition coefficient (Wildman–Crippen LogP) is -1.46. The Morgan fingerprint density at radius 2 is 1.00 bits per heavy atom. The van der Waals surface area contributed by atoms with E-state index in [1.54, 1.807) is 0 Å². The smallest absolute Gasteiger partial charge is 0 e. The fourth-order valence-corrected chi connectivity index (χ4v) is 0. The van der Waals surface area contributed by atoms with Crippen molar-refractivity contribution in [3.05, 3.63) is 0 Å². The van der Waals surface area contributed by atoms with E-state index in [0.29, 0.717) is 0 Å². The molecule has 0 saturated carbocycles. The van der Waals surface area contributed by atoms with Gasteiger partial charge in [0.05, 0.1) is 0 Å². The van der Waals surface area contributed by atoms with Crippen LogP contribution in [-0.4, -0.2) is 17.6 Å². The van der Waals surface area contributed by atoms with Gasteiger partial charge in [-0.2, -0.15) is 0 Å². The van der Waals surface area contributed by atoms with Gasteiger partial charge in [0.15, 0.2) is 0 Å². The molecule has 0 rings (SSSR count). The number of rotatable bonds is 0. The molecule has 4 heteroatoms. The van der Waals surface area contributed by atoms with Gasteiger partial charge in [-0.15, -0.1) is 0 Å². The van der Waals surface area contributed by atoms with Gasteiger partial charge in [0.25, 0.3) is 0 Å². The van der Waals surface area contributed by atoms with Crippen LogP contribution in [-0.2, 0) is 55.9 Å². The van der Waals surface area contributed by atoms with E-state index >= 15 is 0 Å². The maximum Gasteiger partial charge on any atom is 0 e. The van der Waals surface area contributed by atoms with Gasteiger partial charge in [-0.3, -0.25) is 0 Å². The second-order valence-electron chi connectivity index (χ2n) is 0. The predicted molar refractivity (Wildman–Crippen MR) is 11.3 cm³/mol. The van der Waals surface area contributed by atoms with E-state index in [0.717, 1.165) is 0 Å². The molecule has 0 nitrogen and oxygen atoms in total. The maximum absolute atomic E-state index is 0. The summed E-state index contributed by atoms with van der Waals surface area (Å²) in [4.78, 5) is 0. The van der Waals surface area contributed by atoms with Crippen LogP contribution in [0, 0.1) is 0 Å². The van der Waals surface area contributed by atoms with Gasteiger partial charge in [0.2, 0.25) is 0 Å². The molecule has 0 aliphatic rings. The van der Waals surface area contributed by atoms with Crippen molar-refractivity contribution in [2.45, 2.75) is 0 Å². The van der Waals surface area contributed by atoms with Gasteiger partial charge in [-0.05, 0) is 0 Å². The fourth-order valence-electron chi connectivity index (χ4n) is 0. The summed E-state index contributed by atoms with van der Waals surface area (Å²) in [5.74, 6) is 0. The van der Waals surface area contributed by atoms with Gasteiger partial charge in [0, 0.05) is 55.9 Å². The molecule has 0 amide bonds. The molecule has 0 aromatic carbocycles. The third kappa shape index (κ3) is 8.85. The molecule has 4 heavy (non-hydrogen) atoms. The SMILES string of the molecule is [Au].[Cu].[GeH4].[Ni]. The minimum atomic E-state index is 0. The summed E-state index contributed by atoms with van der Waals surface area (Å²) in [6.07, 6.45) is 0. The molecule has 0 unspecified atom stereocenters. The van der Waals surface area contributed by atoms with Crippen molar-refractivity contribution in [3.63, 3.8) is 0 Å². The van der Waals surface area contributed by atoms with Crippen LogP contribution in [0.2, 0.25) is 0 Å². The summed E-state index contributed by atoms with van der Waals surface area (Å²) in [5, 5.41) is 0.